The topological polar surface area (TPSA) is 78.4 Å². The van der Waals surface area contributed by atoms with Gasteiger partial charge in [0.05, 0.1) is 17.7 Å². The van der Waals surface area contributed by atoms with Gasteiger partial charge in [0.25, 0.3) is 0 Å². The first-order valence-electron chi connectivity index (χ1n) is 6.49. The van der Waals surface area contributed by atoms with E-state index in [1.165, 1.54) is 0 Å². The summed E-state index contributed by atoms with van der Waals surface area (Å²) in [5.41, 5.74) is -0.144. The highest BCUT2D eigenvalue weighted by Crippen LogP contribution is 2.28. The number of nitrogens with one attached hydrogen (secondary N) is 1. The van der Waals surface area contributed by atoms with Crippen LogP contribution in [-0.2, 0) is 4.79 Å². The molecule has 0 radical (unpaired) electrons. The molecule has 0 spiro atoms. The summed E-state index contributed by atoms with van der Waals surface area (Å²) in [5, 5.41) is 13.1. The zero-order chi connectivity index (χ0) is 13.9. The Morgan fingerprint density at radius 1 is 1.53 bits per heavy atom. The fraction of sp³-hybridized carbons (Fsp3) is 0.615. The normalized spacial score (nSPS) is 23.2. The highest BCUT2D eigenvalue weighted by Gasteiger charge is 2.36. The molecule has 1 aromatic heterocycles. The number of β-amino-alcohol motifs (C(OH)–C–C–N with tert-alkyl or cyclic N) is 1. The van der Waals surface area contributed by atoms with Gasteiger partial charge in [0.2, 0.25) is 5.91 Å². The van der Waals surface area contributed by atoms with Crippen molar-refractivity contribution in [2.75, 3.05) is 25.0 Å². The SMILES string of the molecule is CNC(=O)CC1(O)CCCN(c2nccnc2C)C1. The fourth-order valence-corrected chi connectivity index (χ4v) is 2.54. The van der Waals surface area contributed by atoms with E-state index >= 15 is 0 Å². The van der Waals surface area contributed by atoms with Crippen LogP contribution in [0.4, 0.5) is 5.82 Å². The van der Waals surface area contributed by atoms with Crippen LogP contribution >= 0.6 is 0 Å². The summed E-state index contributed by atoms with van der Waals surface area (Å²) in [7, 11) is 1.58. The second kappa shape index (κ2) is 5.52. The largest absolute Gasteiger partial charge is 0.388 e. The van der Waals surface area contributed by atoms with Crippen LogP contribution in [0.1, 0.15) is 25.0 Å². The molecule has 1 saturated heterocycles. The Labute approximate surface area is 112 Å². The molecule has 6 heteroatoms. The van der Waals surface area contributed by atoms with E-state index in [-0.39, 0.29) is 12.3 Å². The number of amides is 1. The Morgan fingerprint density at radius 2 is 2.26 bits per heavy atom. The van der Waals surface area contributed by atoms with Crippen LogP contribution in [0.25, 0.3) is 0 Å². The molecular weight excluding hydrogens is 244 g/mol. The van der Waals surface area contributed by atoms with Gasteiger partial charge < -0.3 is 15.3 Å². The minimum Gasteiger partial charge on any atom is -0.388 e. The summed E-state index contributed by atoms with van der Waals surface area (Å²) >= 11 is 0. The first-order valence-corrected chi connectivity index (χ1v) is 6.49. The van der Waals surface area contributed by atoms with Gasteiger partial charge in [-0.25, -0.2) is 4.98 Å². The Hall–Kier alpha value is -1.69. The van der Waals surface area contributed by atoms with Gasteiger partial charge in [-0.1, -0.05) is 0 Å². The van der Waals surface area contributed by atoms with Crippen molar-refractivity contribution in [3.05, 3.63) is 18.1 Å². The minimum absolute atomic E-state index is 0.124. The Balaban J connectivity index is 2.13. The number of aryl methyl sites for hydroxylation is 1. The predicted octanol–water partition coefficient (Wildman–Crippen LogP) is 0.252. The highest BCUT2D eigenvalue weighted by molar-refractivity contribution is 5.76. The quantitative estimate of drug-likeness (QED) is 0.818. The lowest BCUT2D eigenvalue weighted by Gasteiger charge is -2.39. The van der Waals surface area contributed by atoms with Gasteiger partial charge in [-0.15, -0.1) is 0 Å². The van der Waals surface area contributed by atoms with Crippen LogP contribution in [0.15, 0.2) is 12.4 Å². The van der Waals surface area contributed by atoms with Gasteiger partial charge in [0, 0.05) is 32.5 Å². The number of carbonyl (C=O) groups is 1. The van der Waals surface area contributed by atoms with Crippen LogP contribution in [-0.4, -0.2) is 46.7 Å². The van der Waals surface area contributed by atoms with Crippen LogP contribution in [0.2, 0.25) is 0 Å². The van der Waals surface area contributed by atoms with Crippen LogP contribution in [0.3, 0.4) is 0 Å². The summed E-state index contributed by atoms with van der Waals surface area (Å²) in [6.45, 7) is 3.14. The second-order valence-electron chi connectivity index (χ2n) is 5.06. The van der Waals surface area contributed by atoms with E-state index in [1.807, 2.05) is 11.8 Å². The smallest absolute Gasteiger partial charge is 0.222 e. The van der Waals surface area contributed by atoms with E-state index in [1.54, 1.807) is 19.4 Å². The van der Waals surface area contributed by atoms with Gasteiger partial charge in [0.1, 0.15) is 5.82 Å². The molecule has 1 unspecified atom stereocenters. The molecule has 2 heterocycles. The molecule has 0 saturated carbocycles. The van der Waals surface area contributed by atoms with Gasteiger partial charge in [-0.2, -0.15) is 0 Å². The van der Waals surface area contributed by atoms with Crippen molar-refractivity contribution < 1.29 is 9.90 Å². The zero-order valence-electron chi connectivity index (χ0n) is 11.4. The molecule has 0 aromatic carbocycles. The molecule has 1 atom stereocenters. The Kier molecular flexibility index (Phi) is 3.99. The first kappa shape index (κ1) is 13.7. The van der Waals surface area contributed by atoms with Crippen molar-refractivity contribution in [1.82, 2.24) is 15.3 Å². The van der Waals surface area contributed by atoms with Gasteiger partial charge >= 0.3 is 0 Å². The molecule has 0 bridgehead atoms. The maximum absolute atomic E-state index is 11.5. The lowest BCUT2D eigenvalue weighted by molar-refractivity contribution is -0.125. The third-order valence-corrected chi connectivity index (χ3v) is 3.48. The molecule has 6 nitrogen and oxygen atoms in total. The number of piperidine rings is 1. The summed E-state index contributed by atoms with van der Waals surface area (Å²) < 4.78 is 0. The van der Waals surface area contributed by atoms with E-state index in [2.05, 4.69) is 15.3 Å². The molecule has 1 amide bonds. The molecule has 104 valence electrons. The van der Waals surface area contributed by atoms with Crippen molar-refractivity contribution in [3.63, 3.8) is 0 Å². The van der Waals surface area contributed by atoms with Crippen molar-refractivity contribution in [2.24, 2.45) is 0 Å². The summed E-state index contributed by atoms with van der Waals surface area (Å²) in [6.07, 6.45) is 4.90. The molecule has 2 rings (SSSR count). The van der Waals surface area contributed by atoms with Crippen LogP contribution < -0.4 is 10.2 Å². The molecule has 1 aliphatic heterocycles. The third kappa shape index (κ3) is 3.20. The van der Waals surface area contributed by atoms with E-state index in [4.69, 9.17) is 0 Å². The number of aromatic nitrogens is 2. The maximum atomic E-state index is 11.5. The van der Waals surface area contributed by atoms with Crippen molar-refractivity contribution in [3.8, 4) is 0 Å². The molecule has 1 aliphatic rings. The lowest BCUT2D eigenvalue weighted by Crippen LogP contribution is -2.50. The molecule has 0 aliphatic carbocycles. The van der Waals surface area contributed by atoms with Gasteiger partial charge in [0.15, 0.2) is 0 Å². The molecule has 1 fully saturated rings. The molecule has 2 N–H and O–H groups in total. The number of nitrogens with zero attached hydrogens (tertiary/aromatic N) is 3. The van der Waals surface area contributed by atoms with Crippen LogP contribution in [0.5, 0.6) is 0 Å². The van der Waals surface area contributed by atoms with E-state index in [0.29, 0.717) is 13.0 Å². The fourth-order valence-electron chi connectivity index (χ4n) is 2.54. The van der Waals surface area contributed by atoms with Crippen molar-refractivity contribution >= 4 is 11.7 Å². The predicted molar refractivity (Wildman–Crippen MR) is 71.8 cm³/mol. The van der Waals surface area contributed by atoms with E-state index in [0.717, 1.165) is 24.5 Å². The minimum atomic E-state index is -0.984. The molecule has 1 aromatic rings. The summed E-state index contributed by atoms with van der Waals surface area (Å²) in [4.78, 5) is 22.0. The molecule has 19 heavy (non-hydrogen) atoms. The number of hydrogen-bond donors (Lipinski definition) is 2. The Bertz CT molecular complexity index is 466. The Morgan fingerprint density at radius 3 is 2.95 bits per heavy atom. The van der Waals surface area contributed by atoms with Crippen molar-refractivity contribution in [2.45, 2.75) is 31.8 Å². The van der Waals surface area contributed by atoms with Crippen molar-refractivity contribution in [1.29, 1.82) is 0 Å². The number of aliphatic hydroxyl groups is 1. The number of carbonyl (C=O) groups excluding carboxylic acids is 1. The van der Waals surface area contributed by atoms with Gasteiger partial charge in [-0.05, 0) is 19.8 Å². The standard InChI is InChI=1S/C13H20N4O2/c1-10-12(16-6-5-15-10)17-7-3-4-13(19,9-17)8-11(18)14-2/h5-6,19H,3-4,7-9H2,1-2H3,(H,14,18). The first-order chi connectivity index (χ1) is 9.04. The lowest BCUT2D eigenvalue weighted by atomic mass is 9.89. The monoisotopic (exact) mass is 264 g/mol. The highest BCUT2D eigenvalue weighted by atomic mass is 16.3. The number of anilines is 1. The summed E-state index contributed by atoms with van der Waals surface area (Å²) in [5.74, 6) is 0.651. The van der Waals surface area contributed by atoms with Gasteiger partial charge in [-0.3, -0.25) is 9.78 Å². The number of rotatable bonds is 3. The van der Waals surface area contributed by atoms with E-state index < -0.39 is 5.60 Å². The van der Waals surface area contributed by atoms with Crippen LogP contribution in [0, 0.1) is 6.92 Å². The third-order valence-electron chi connectivity index (χ3n) is 3.48. The average Bonchev–Trinajstić information content (AvgIpc) is 2.38. The maximum Gasteiger partial charge on any atom is 0.222 e. The number of hydrogen-bond acceptors (Lipinski definition) is 5. The zero-order valence-corrected chi connectivity index (χ0v) is 11.4. The van der Waals surface area contributed by atoms with E-state index in [9.17, 15) is 9.90 Å². The molecular formula is C13H20N4O2. The summed E-state index contributed by atoms with van der Waals surface area (Å²) in [6, 6.07) is 0. The average molecular weight is 264 g/mol. The second-order valence-corrected chi connectivity index (χ2v) is 5.06.